The molecule has 0 saturated carbocycles. The SMILES string of the molecule is Clc1cccc(-c2ccc(CN3CCc4nc(C5=NCCCC5)ncc4C3)o2)c1. The number of hydrogen-bond donors (Lipinski definition) is 0. The number of fused-ring (bicyclic) bond motifs is 1. The predicted octanol–water partition coefficient (Wildman–Crippen LogP) is 4.92. The van der Waals surface area contributed by atoms with Crippen molar-refractivity contribution in [2.45, 2.75) is 38.8 Å². The molecule has 148 valence electrons. The van der Waals surface area contributed by atoms with Gasteiger partial charge in [-0.1, -0.05) is 23.7 Å². The monoisotopic (exact) mass is 406 g/mol. The first-order valence-electron chi connectivity index (χ1n) is 10.2. The molecule has 29 heavy (non-hydrogen) atoms. The number of furan rings is 1. The van der Waals surface area contributed by atoms with Gasteiger partial charge in [0.2, 0.25) is 0 Å². The Morgan fingerprint density at radius 3 is 2.93 bits per heavy atom. The van der Waals surface area contributed by atoms with E-state index in [4.69, 9.17) is 21.0 Å². The van der Waals surface area contributed by atoms with Crippen molar-refractivity contribution in [1.82, 2.24) is 14.9 Å². The first-order valence-corrected chi connectivity index (χ1v) is 10.6. The smallest absolute Gasteiger partial charge is 0.173 e. The first-order chi connectivity index (χ1) is 14.2. The van der Waals surface area contributed by atoms with Gasteiger partial charge in [-0.3, -0.25) is 9.89 Å². The molecule has 0 atom stereocenters. The van der Waals surface area contributed by atoms with Crippen molar-refractivity contribution in [3.63, 3.8) is 0 Å². The van der Waals surface area contributed by atoms with E-state index in [2.05, 4.69) is 14.9 Å². The molecule has 5 rings (SSSR count). The maximum atomic E-state index is 6.10. The Morgan fingerprint density at radius 1 is 1.10 bits per heavy atom. The predicted molar refractivity (Wildman–Crippen MR) is 114 cm³/mol. The van der Waals surface area contributed by atoms with Crippen LogP contribution in [0.3, 0.4) is 0 Å². The van der Waals surface area contributed by atoms with Crippen molar-refractivity contribution in [1.29, 1.82) is 0 Å². The van der Waals surface area contributed by atoms with E-state index in [0.717, 1.165) is 67.6 Å². The van der Waals surface area contributed by atoms with Crippen LogP contribution in [-0.4, -0.2) is 33.7 Å². The first kappa shape index (κ1) is 18.5. The summed E-state index contributed by atoms with van der Waals surface area (Å²) in [6.07, 6.45) is 6.28. The van der Waals surface area contributed by atoms with Gasteiger partial charge in [0.1, 0.15) is 11.5 Å². The fourth-order valence-corrected chi connectivity index (χ4v) is 4.20. The van der Waals surface area contributed by atoms with E-state index in [0.29, 0.717) is 5.02 Å². The number of hydrogen-bond acceptors (Lipinski definition) is 5. The minimum absolute atomic E-state index is 0.714. The molecule has 0 N–H and O–H groups in total. The zero-order valence-electron chi connectivity index (χ0n) is 16.3. The molecule has 0 saturated heterocycles. The largest absolute Gasteiger partial charge is 0.460 e. The number of aromatic nitrogens is 2. The average Bonchev–Trinajstić information content (AvgIpc) is 3.22. The molecule has 2 aliphatic rings. The molecule has 1 aromatic carbocycles. The molecule has 0 spiro atoms. The summed E-state index contributed by atoms with van der Waals surface area (Å²) in [6.45, 7) is 3.48. The summed E-state index contributed by atoms with van der Waals surface area (Å²) in [4.78, 5) is 16.4. The molecular weight excluding hydrogens is 384 g/mol. The van der Waals surface area contributed by atoms with Gasteiger partial charge in [-0.25, -0.2) is 9.97 Å². The fourth-order valence-electron chi connectivity index (χ4n) is 4.01. The van der Waals surface area contributed by atoms with Gasteiger partial charge in [-0.05, 0) is 43.5 Å². The molecule has 3 aromatic rings. The zero-order valence-corrected chi connectivity index (χ0v) is 17.0. The lowest BCUT2D eigenvalue weighted by atomic mass is 10.1. The molecule has 0 bridgehead atoms. The number of nitrogens with zero attached hydrogens (tertiary/aromatic N) is 4. The zero-order chi connectivity index (χ0) is 19.6. The summed E-state index contributed by atoms with van der Waals surface area (Å²) in [5, 5.41) is 0.714. The van der Waals surface area contributed by atoms with Crippen molar-refractivity contribution >= 4 is 17.3 Å². The number of aliphatic imine (C=N–C) groups is 1. The lowest BCUT2D eigenvalue weighted by Gasteiger charge is -2.27. The minimum atomic E-state index is 0.714. The molecule has 0 unspecified atom stereocenters. The third-order valence-corrected chi connectivity index (χ3v) is 5.78. The van der Waals surface area contributed by atoms with Gasteiger partial charge in [0.15, 0.2) is 5.82 Å². The fraction of sp³-hybridized carbons (Fsp3) is 0.348. The van der Waals surface area contributed by atoms with Gasteiger partial charge in [0, 0.05) is 48.4 Å². The highest BCUT2D eigenvalue weighted by molar-refractivity contribution is 6.30. The van der Waals surface area contributed by atoms with Gasteiger partial charge in [0.05, 0.1) is 18.0 Å². The van der Waals surface area contributed by atoms with Gasteiger partial charge >= 0.3 is 0 Å². The van der Waals surface area contributed by atoms with Crippen LogP contribution in [0.25, 0.3) is 11.3 Å². The Balaban J connectivity index is 1.27. The lowest BCUT2D eigenvalue weighted by molar-refractivity contribution is 0.224. The van der Waals surface area contributed by atoms with Crippen molar-refractivity contribution < 1.29 is 4.42 Å². The highest BCUT2D eigenvalue weighted by Gasteiger charge is 2.21. The lowest BCUT2D eigenvalue weighted by Crippen LogP contribution is -2.31. The highest BCUT2D eigenvalue weighted by Crippen LogP contribution is 2.26. The van der Waals surface area contributed by atoms with Gasteiger partial charge < -0.3 is 4.42 Å². The molecule has 4 heterocycles. The van der Waals surface area contributed by atoms with Crippen molar-refractivity contribution in [3.05, 3.63) is 70.5 Å². The molecule has 2 aromatic heterocycles. The van der Waals surface area contributed by atoms with Crippen LogP contribution < -0.4 is 0 Å². The van der Waals surface area contributed by atoms with Gasteiger partial charge in [0.25, 0.3) is 0 Å². The average molecular weight is 407 g/mol. The van der Waals surface area contributed by atoms with E-state index in [1.807, 2.05) is 42.6 Å². The van der Waals surface area contributed by atoms with E-state index in [-0.39, 0.29) is 0 Å². The molecule has 0 radical (unpaired) electrons. The summed E-state index contributed by atoms with van der Waals surface area (Å²) in [5.41, 5.74) is 4.45. The van der Waals surface area contributed by atoms with Crippen LogP contribution in [-0.2, 0) is 19.5 Å². The van der Waals surface area contributed by atoms with Crippen LogP contribution in [0.4, 0.5) is 0 Å². The quantitative estimate of drug-likeness (QED) is 0.617. The number of rotatable bonds is 4. The summed E-state index contributed by atoms with van der Waals surface area (Å²) in [6, 6.07) is 11.8. The molecular formula is C23H23ClN4O. The Kier molecular flexibility index (Phi) is 5.17. The Morgan fingerprint density at radius 2 is 2.07 bits per heavy atom. The standard InChI is InChI=1S/C23H23ClN4O/c24-18-5-3-4-16(12-18)22-8-7-19(29-22)15-28-11-9-20-17(14-28)13-26-23(27-20)21-6-1-2-10-25-21/h3-5,7-8,12-13H,1-2,6,9-11,14-15H2. The van der Waals surface area contributed by atoms with Crippen LogP contribution in [0.1, 0.15) is 42.1 Å². The van der Waals surface area contributed by atoms with E-state index in [1.54, 1.807) is 0 Å². The molecule has 5 nitrogen and oxygen atoms in total. The Labute approximate surface area is 175 Å². The molecule has 0 aliphatic carbocycles. The molecule has 2 aliphatic heterocycles. The van der Waals surface area contributed by atoms with Crippen LogP contribution in [0.5, 0.6) is 0 Å². The second-order valence-corrected chi connectivity index (χ2v) is 8.12. The van der Waals surface area contributed by atoms with Crippen molar-refractivity contribution in [2.75, 3.05) is 13.1 Å². The van der Waals surface area contributed by atoms with Gasteiger partial charge in [-0.15, -0.1) is 0 Å². The normalized spacial score (nSPS) is 17.1. The maximum Gasteiger partial charge on any atom is 0.173 e. The summed E-state index contributed by atoms with van der Waals surface area (Å²) in [7, 11) is 0. The van der Waals surface area contributed by atoms with Crippen molar-refractivity contribution in [3.8, 4) is 11.3 Å². The van der Waals surface area contributed by atoms with Crippen LogP contribution in [0, 0.1) is 0 Å². The third-order valence-electron chi connectivity index (χ3n) is 5.55. The Hall–Kier alpha value is -2.50. The summed E-state index contributed by atoms with van der Waals surface area (Å²) >= 11 is 6.10. The summed E-state index contributed by atoms with van der Waals surface area (Å²) < 4.78 is 6.07. The topological polar surface area (TPSA) is 54.5 Å². The third kappa shape index (κ3) is 4.11. The summed E-state index contributed by atoms with van der Waals surface area (Å²) in [5.74, 6) is 2.63. The van der Waals surface area contributed by atoms with E-state index in [9.17, 15) is 0 Å². The highest BCUT2D eigenvalue weighted by atomic mass is 35.5. The number of halogens is 1. The second kappa shape index (κ2) is 8.09. The van der Waals surface area contributed by atoms with Crippen molar-refractivity contribution in [2.24, 2.45) is 4.99 Å². The van der Waals surface area contributed by atoms with Gasteiger partial charge in [-0.2, -0.15) is 0 Å². The van der Waals surface area contributed by atoms with E-state index >= 15 is 0 Å². The van der Waals surface area contributed by atoms with Crippen LogP contribution >= 0.6 is 11.6 Å². The van der Waals surface area contributed by atoms with Crippen LogP contribution in [0.15, 0.2) is 52.0 Å². The minimum Gasteiger partial charge on any atom is -0.460 e. The Bertz CT molecular complexity index is 1060. The molecule has 0 fully saturated rings. The molecule has 6 heteroatoms. The number of benzene rings is 1. The second-order valence-electron chi connectivity index (χ2n) is 7.69. The van der Waals surface area contributed by atoms with Crippen LogP contribution in [0.2, 0.25) is 5.02 Å². The maximum absolute atomic E-state index is 6.10. The van der Waals surface area contributed by atoms with E-state index in [1.165, 1.54) is 24.1 Å². The van der Waals surface area contributed by atoms with E-state index < -0.39 is 0 Å². The molecule has 0 amide bonds.